The Kier molecular flexibility index (Phi) is 6.18. The normalized spacial score (nSPS) is 19.6. The third-order valence-corrected chi connectivity index (χ3v) is 3.74. The van der Waals surface area contributed by atoms with E-state index in [0.717, 1.165) is 5.56 Å². The molecule has 130 valence electrons. The highest BCUT2D eigenvalue weighted by molar-refractivity contribution is 5.79. The Morgan fingerprint density at radius 3 is 3.00 bits per heavy atom. The molecule has 2 rings (SSSR count). The van der Waals surface area contributed by atoms with Crippen LogP contribution in [0.2, 0.25) is 0 Å². The molecule has 1 aliphatic heterocycles. The summed E-state index contributed by atoms with van der Waals surface area (Å²) < 4.78 is 16.4. The lowest BCUT2D eigenvalue weighted by Crippen LogP contribution is -2.56. The number of ether oxygens (including phenoxy) is 3. The fraction of sp³-hybridized carbons (Fsp3) is 0.556. The number of morpholine rings is 1. The minimum Gasteiger partial charge on any atom is -0.479 e. The van der Waals surface area contributed by atoms with Crippen molar-refractivity contribution in [2.24, 2.45) is 0 Å². The average molecular weight is 332 g/mol. The van der Waals surface area contributed by atoms with E-state index in [9.17, 15) is 4.79 Å². The molecule has 0 bridgehead atoms. The van der Waals surface area contributed by atoms with Crippen LogP contribution < -0.4 is 4.74 Å². The molecule has 1 aromatic carbocycles. The van der Waals surface area contributed by atoms with E-state index in [1.807, 2.05) is 36.9 Å². The van der Waals surface area contributed by atoms with Crippen molar-refractivity contribution in [3.63, 3.8) is 0 Å². The van der Waals surface area contributed by atoms with E-state index >= 15 is 0 Å². The topological polar surface area (TPSA) is 71.8 Å². The first kappa shape index (κ1) is 18.2. The van der Waals surface area contributed by atoms with Crippen molar-refractivity contribution in [3.05, 3.63) is 29.8 Å². The summed E-state index contributed by atoms with van der Waals surface area (Å²) in [5.74, 6) is 0.645. The number of methoxy groups -OCH3 is 1. The first-order chi connectivity index (χ1) is 11.4. The van der Waals surface area contributed by atoms with Crippen LogP contribution in [-0.4, -0.2) is 55.9 Å². The maximum atomic E-state index is 12.7. The molecule has 0 saturated carbocycles. The van der Waals surface area contributed by atoms with Crippen LogP contribution in [0.3, 0.4) is 0 Å². The molecule has 1 heterocycles. The van der Waals surface area contributed by atoms with Crippen LogP contribution in [0.25, 0.3) is 0 Å². The molecule has 0 unspecified atom stereocenters. The Labute approximate surface area is 142 Å². The van der Waals surface area contributed by atoms with Crippen LogP contribution in [0.5, 0.6) is 5.75 Å². The van der Waals surface area contributed by atoms with Crippen molar-refractivity contribution >= 4 is 5.91 Å². The molecule has 1 saturated heterocycles. The number of benzene rings is 1. The van der Waals surface area contributed by atoms with Gasteiger partial charge >= 0.3 is 0 Å². The smallest absolute Gasteiger partial charge is 0.227 e. The first-order valence-corrected chi connectivity index (χ1v) is 7.97. The van der Waals surface area contributed by atoms with Gasteiger partial charge in [0, 0.05) is 20.2 Å². The number of hydrogen-bond donors (Lipinski definition) is 0. The third kappa shape index (κ3) is 5.22. The van der Waals surface area contributed by atoms with Crippen molar-refractivity contribution in [2.75, 3.05) is 33.4 Å². The SMILES string of the molecule is COC[C@H]1CN(C(=O)Cc2cccc(OCC#N)c2)CC(C)(C)O1. The molecular formula is C18H24N2O4. The second-order valence-corrected chi connectivity index (χ2v) is 6.50. The van der Waals surface area contributed by atoms with Crippen molar-refractivity contribution < 1.29 is 19.0 Å². The minimum atomic E-state index is -0.394. The maximum Gasteiger partial charge on any atom is 0.227 e. The zero-order valence-electron chi connectivity index (χ0n) is 14.4. The molecule has 0 N–H and O–H groups in total. The molecule has 0 aliphatic carbocycles. The van der Waals surface area contributed by atoms with E-state index in [1.165, 1.54) is 0 Å². The van der Waals surface area contributed by atoms with Gasteiger partial charge in [0.15, 0.2) is 6.61 Å². The predicted molar refractivity (Wildman–Crippen MR) is 88.7 cm³/mol. The highest BCUT2D eigenvalue weighted by atomic mass is 16.5. The predicted octanol–water partition coefficient (Wildman–Crippen LogP) is 1.78. The van der Waals surface area contributed by atoms with Gasteiger partial charge in [-0.25, -0.2) is 0 Å². The van der Waals surface area contributed by atoms with Crippen molar-refractivity contribution in [2.45, 2.75) is 32.0 Å². The van der Waals surface area contributed by atoms with Crippen LogP contribution >= 0.6 is 0 Å². The minimum absolute atomic E-state index is 0.00620. The number of amides is 1. The van der Waals surface area contributed by atoms with E-state index in [1.54, 1.807) is 19.2 Å². The van der Waals surface area contributed by atoms with Crippen LogP contribution in [0.1, 0.15) is 19.4 Å². The van der Waals surface area contributed by atoms with Gasteiger partial charge in [0.25, 0.3) is 0 Å². The van der Waals surface area contributed by atoms with Gasteiger partial charge in [-0.1, -0.05) is 12.1 Å². The number of carbonyl (C=O) groups is 1. The molecule has 0 radical (unpaired) electrons. The lowest BCUT2D eigenvalue weighted by atomic mass is 10.0. The Morgan fingerprint density at radius 2 is 2.29 bits per heavy atom. The molecule has 1 atom stereocenters. The summed E-state index contributed by atoms with van der Waals surface area (Å²) in [5.41, 5.74) is 0.470. The Balaban J connectivity index is 2.02. The van der Waals surface area contributed by atoms with Gasteiger partial charge in [0.05, 0.1) is 24.7 Å². The summed E-state index contributed by atoms with van der Waals surface area (Å²) in [6, 6.07) is 9.22. The van der Waals surface area contributed by atoms with Gasteiger partial charge < -0.3 is 19.1 Å². The van der Waals surface area contributed by atoms with Crippen LogP contribution in [-0.2, 0) is 20.7 Å². The molecule has 6 heteroatoms. The lowest BCUT2D eigenvalue weighted by molar-refractivity contribution is -0.168. The molecule has 1 aromatic rings. The summed E-state index contributed by atoms with van der Waals surface area (Å²) >= 11 is 0. The van der Waals surface area contributed by atoms with Crippen LogP contribution in [0.15, 0.2) is 24.3 Å². The van der Waals surface area contributed by atoms with E-state index in [4.69, 9.17) is 19.5 Å². The number of nitriles is 1. The monoisotopic (exact) mass is 332 g/mol. The fourth-order valence-corrected chi connectivity index (χ4v) is 2.91. The number of hydrogen-bond acceptors (Lipinski definition) is 5. The second kappa shape index (κ2) is 8.13. The van der Waals surface area contributed by atoms with Gasteiger partial charge in [0.1, 0.15) is 11.8 Å². The van der Waals surface area contributed by atoms with Crippen molar-refractivity contribution in [3.8, 4) is 11.8 Å². The molecule has 0 aromatic heterocycles. The van der Waals surface area contributed by atoms with Gasteiger partial charge in [-0.2, -0.15) is 5.26 Å². The largest absolute Gasteiger partial charge is 0.479 e. The Morgan fingerprint density at radius 1 is 1.50 bits per heavy atom. The molecular weight excluding hydrogens is 308 g/mol. The number of carbonyl (C=O) groups excluding carboxylic acids is 1. The molecule has 0 spiro atoms. The second-order valence-electron chi connectivity index (χ2n) is 6.50. The zero-order chi connectivity index (χ0) is 17.6. The van der Waals surface area contributed by atoms with E-state index in [0.29, 0.717) is 31.9 Å². The quantitative estimate of drug-likeness (QED) is 0.794. The average Bonchev–Trinajstić information content (AvgIpc) is 2.52. The summed E-state index contributed by atoms with van der Waals surface area (Å²) in [4.78, 5) is 14.5. The molecule has 1 aliphatic rings. The van der Waals surface area contributed by atoms with Crippen molar-refractivity contribution in [1.29, 1.82) is 5.26 Å². The Hall–Kier alpha value is -2.10. The van der Waals surface area contributed by atoms with E-state index < -0.39 is 5.60 Å². The summed E-state index contributed by atoms with van der Waals surface area (Å²) in [5, 5.41) is 8.57. The zero-order valence-corrected chi connectivity index (χ0v) is 14.4. The number of nitrogens with zero attached hydrogens (tertiary/aromatic N) is 2. The van der Waals surface area contributed by atoms with Gasteiger partial charge in [-0.3, -0.25) is 4.79 Å². The molecule has 1 fully saturated rings. The van der Waals surface area contributed by atoms with Crippen molar-refractivity contribution in [1.82, 2.24) is 4.90 Å². The van der Waals surface area contributed by atoms with Crippen LogP contribution in [0, 0.1) is 11.3 Å². The first-order valence-electron chi connectivity index (χ1n) is 7.97. The molecule has 24 heavy (non-hydrogen) atoms. The van der Waals surface area contributed by atoms with E-state index in [-0.39, 0.29) is 18.6 Å². The maximum absolute atomic E-state index is 12.7. The standard InChI is InChI=1S/C18H24N2O4/c1-18(2)13-20(11-16(24-18)12-22-3)17(21)10-14-5-4-6-15(9-14)23-8-7-19/h4-6,9,16H,8,10-13H2,1-3H3/t16-/m1/s1. The Bertz CT molecular complexity index is 609. The highest BCUT2D eigenvalue weighted by Gasteiger charge is 2.35. The summed E-state index contributed by atoms with van der Waals surface area (Å²) in [6.45, 7) is 5.49. The van der Waals surface area contributed by atoms with Gasteiger partial charge in [-0.05, 0) is 31.5 Å². The lowest BCUT2D eigenvalue weighted by Gasteiger charge is -2.42. The number of rotatable bonds is 6. The van der Waals surface area contributed by atoms with Gasteiger partial charge in [-0.15, -0.1) is 0 Å². The molecule has 6 nitrogen and oxygen atoms in total. The van der Waals surface area contributed by atoms with Gasteiger partial charge in [0.2, 0.25) is 5.91 Å². The highest BCUT2D eigenvalue weighted by Crippen LogP contribution is 2.22. The van der Waals surface area contributed by atoms with E-state index in [2.05, 4.69) is 0 Å². The fourth-order valence-electron chi connectivity index (χ4n) is 2.91. The summed E-state index contributed by atoms with van der Waals surface area (Å²) in [7, 11) is 1.63. The third-order valence-electron chi connectivity index (χ3n) is 3.74. The summed E-state index contributed by atoms with van der Waals surface area (Å²) in [6.07, 6.45) is 0.174. The van der Waals surface area contributed by atoms with Crippen LogP contribution in [0.4, 0.5) is 0 Å². The molecule has 1 amide bonds.